The summed E-state index contributed by atoms with van der Waals surface area (Å²) in [5.41, 5.74) is 13.5. The van der Waals surface area contributed by atoms with Gasteiger partial charge in [-0.25, -0.2) is 0 Å². The summed E-state index contributed by atoms with van der Waals surface area (Å²) in [5.74, 6) is 0. The minimum absolute atomic E-state index is 0.898. The topological polar surface area (TPSA) is 23.0 Å². The van der Waals surface area contributed by atoms with E-state index in [2.05, 4.69) is 197 Å². The van der Waals surface area contributed by atoms with E-state index in [4.69, 9.17) is 4.42 Å². The van der Waals surface area contributed by atoms with Crippen molar-refractivity contribution in [2.45, 2.75) is 0 Å². The Morgan fingerprint density at radius 1 is 0.327 bits per heavy atom. The molecule has 0 bridgehead atoms. The highest BCUT2D eigenvalue weighted by Crippen LogP contribution is 2.43. The molecule has 9 aromatic carbocycles. The molecule has 0 aliphatic carbocycles. The van der Waals surface area contributed by atoms with Gasteiger partial charge in [0.25, 0.3) is 0 Å². The van der Waals surface area contributed by atoms with Crippen LogP contribution in [0.2, 0.25) is 0 Å². The van der Waals surface area contributed by atoms with Crippen LogP contribution in [0.25, 0.3) is 110 Å². The Hall–Kier alpha value is -7.36. The van der Waals surface area contributed by atoms with E-state index in [0.717, 1.165) is 38.8 Å². The molecule has 256 valence electrons. The van der Waals surface area contributed by atoms with Crippen LogP contribution in [0, 0.1) is 0 Å². The van der Waals surface area contributed by atoms with Gasteiger partial charge in [-0.15, -0.1) is 0 Å². The molecule has 12 aromatic rings. The zero-order valence-electron chi connectivity index (χ0n) is 29.8. The third-order valence-corrected chi connectivity index (χ3v) is 11.5. The lowest BCUT2D eigenvalue weighted by atomic mass is 9.99. The summed E-state index contributed by atoms with van der Waals surface area (Å²) >= 11 is 0. The predicted molar refractivity (Wildman–Crippen MR) is 231 cm³/mol. The first-order chi connectivity index (χ1) is 27.3. The number of nitrogens with zero attached hydrogens (tertiary/aromatic N) is 2. The van der Waals surface area contributed by atoms with Gasteiger partial charge in [0.05, 0.1) is 27.8 Å². The predicted octanol–water partition coefficient (Wildman–Crippen LogP) is 14.3. The van der Waals surface area contributed by atoms with E-state index in [9.17, 15) is 0 Å². The third kappa shape index (κ3) is 4.44. The summed E-state index contributed by atoms with van der Waals surface area (Å²) in [6, 6.07) is 70.3. The number of furan rings is 1. The van der Waals surface area contributed by atoms with Gasteiger partial charge in [-0.1, -0.05) is 133 Å². The van der Waals surface area contributed by atoms with Gasteiger partial charge in [0, 0.05) is 43.4 Å². The van der Waals surface area contributed by atoms with Gasteiger partial charge in [-0.2, -0.15) is 0 Å². The Labute approximate surface area is 316 Å². The Morgan fingerprint density at radius 3 is 1.62 bits per heavy atom. The van der Waals surface area contributed by atoms with Crippen molar-refractivity contribution in [3.8, 4) is 33.6 Å². The average Bonchev–Trinajstić information content (AvgIpc) is 3.91. The van der Waals surface area contributed by atoms with E-state index in [-0.39, 0.29) is 0 Å². The molecule has 0 aliphatic heterocycles. The van der Waals surface area contributed by atoms with Crippen LogP contribution in [-0.2, 0) is 0 Å². The fourth-order valence-electron chi connectivity index (χ4n) is 8.99. The minimum atomic E-state index is 0.898. The molecule has 0 amide bonds. The lowest BCUT2D eigenvalue weighted by Crippen LogP contribution is -1.95. The smallest absolute Gasteiger partial charge is 0.159 e. The Bertz CT molecular complexity index is 3470. The van der Waals surface area contributed by atoms with Crippen LogP contribution >= 0.6 is 0 Å². The van der Waals surface area contributed by atoms with Crippen LogP contribution in [0.4, 0.5) is 0 Å². The number of rotatable bonds is 4. The third-order valence-electron chi connectivity index (χ3n) is 11.5. The maximum atomic E-state index is 6.63. The summed E-state index contributed by atoms with van der Waals surface area (Å²) in [7, 11) is 0. The van der Waals surface area contributed by atoms with Crippen molar-refractivity contribution in [1.82, 2.24) is 9.13 Å². The molecule has 0 radical (unpaired) electrons. The first kappa shape index (κ1) is 30.1. The first-order valence-electron chi connectivity index (χ1n) is 18.8. The Balaban J connectivity index is 1.11. The van der Waals surface area contributed by atoms with E-state index in [1.807, 2.05) is 6.07 Å². The van der Waals surface area contributed by atoms with E-state index in [1.54, 1.807) is 0 Å². The van der Waals surface area contributed by atoms with Gasteiger partial charge >= 0.3 is 0 Å². The van der Waals surface area contributed by atoms with Crippen molar-refractivity contribution in [3.63, 3.8) is 0 Å². The van der Waals surface area contributed by atoms with Gasteiger partial charge in [0.15, 0.2) is 5.58 Å². The van der Waals surface area contributed by atoms with Crippen LogP contribution in [0.1, 0.15) is 0 Å². The Kier molecular flexibility index (Phi) is 6.34. The molecule has 55 heavy (non-hydrogen) atoms. The van der Waals surface area contributed by atoms with Crippen LogP contribution in [-0.4, -0.2) is 9.13 Å². The van der Waals surface area contributed by atoms with Crippen LogP contribution in [0.15, 0.2) is 199 Å². The second-order valence-corrected chi connectivity index (χ2v) is 14.5. The van der Waals surface area contributed by atoms with Crippen molar-refractivity contribution in [2.24, 2.45) is 0 Å². The van der Waals surface area contributed by atoms with E-state index >= 15 is 0 Å². The van der Waals surface area contributed by atoms with Gasteiger partial charge in [-0.3, -0.25) is 0 Å². The minimum Gasteiger partial charge on any atom is -0.454 e. The zero-order chi connectivity index (χ0) is 36.0. The average molecular weight is 701 g/mol. The standard InChI is InChI=1S/C52H32N2O/c1-3-12-33(13-4-1)35-23-27-46-44(30-35)45-32-37(24-28-47(45)53(46)38-15-5-2-6-16-38)36-25-29-48-43(31-36)41-26-22-34-14-7-8-17-39(34)51(41)54(48)49-20-11-19-42-40-18-9-10-21-50(40)55-52(42)49/h1-32H. The van der Waals surface area contributed by atoms with Crippen molar-refractivity contribution < 1.29 is 4.42 Å². The molecular formula is C52H32N2O. The molecule has 0 spiro atoms. The number of fused-ring (bicyclic) bond motifs is 11. The molecule has 12 rings (SSSR count). The van der Waals surface area contributed by atoms with E-state index in [1.165, 1.54) is 71.1 Å². The zero-order valence-corrected chi connectivity index (χ0v) is 29.8. The summed E-state index contributed by atoms with van der Waals surface area (Å²) < 4.78 is 11.4. The quantitative estimate of drug-likeness (QED) is 0.179. The fourth-order valence-corrected chi connectivity index (χ4v) is 8.99. The van der Waals surface area contributed by atoms with Crippen LogP contribution < -0.4 is 0 Å². The highest BCUT2D eigenvalue weighted by molar-refractivity contribution is 6.20. The molecule has 3 heteroatoms. The molecule has 0 saturated carbocycles. The van der Waals surface area contributed by atoms with Gasteiger partial charge in [0.2, 0.25) is 0 Å². The maximum Gasteiger partial charge on any atom is 0.159 e. The molecule has 3 heterocycles. The lowest BCUT2D eigenvalue weighted by molar-refractivity contribution is 0.666. The molecule has 0 aliphatic rings. The summed E-state index contributed by atoms with van der Waals surface area (Å²) in [5, 5.41) is 9.60. The van der Waals surface area contributed by atoms with Crippen LogP contribution in [0.5, 0.6) is 0 Å². The molecule has 0 atom stereocenters. The molecular weight excluding hydrogens is 669 g/mol. The second-order valence-electron chi connectivity index (χ2n) is 14.5. The highest BCUT2D eigenvalue weighted by atomic mass is 16.3. The van der Waals surface area contributed by atoms with Gasteiger partial charge in [-0.05, 0) is 88.3 Å². The summed E-state index contributed by atoms with van der Waals surface area (Å²) in [6.07, 6.45) is 0. The number of para-hydroxylation sites is 3. The first-order valence-corrected chi connectivity index (χ1v) is 18.8. The normalized spacial score (nSPS) is 12.0. The number of benzene rings is 9. The lowest BCUT2D eigenvalue weighted by Gasteiger charge is -2.11. The van der Waals surface area contributed by atoms with Crippen molar-refractivity contribution in [1.29, 1.82) is 0 Å². The number of hydrogen-bond donors (Lipinski definition) is 0. The molecule has 3 nitrogen and oxygen atoms in total. The summed E-state index contributed by atoms with van der Waals surface area (Å²) in [4.78, 5) is 0. The molecule has 0 saturated heterocycles. The maximum absolute atomic E-state index is 6.63. The van der Waals surface area contributed by atoms with E-state index in [0.29, 0.717) is 0 Å². The van der Waals surface area contributed by atoms with Crippen LogP contribution in [0.3, 0.4) is 0 Å². The Morgan fingerprint density at radius 2 is 0.891 bits per heavy atom. The summed E-state index contributed by atoms with van der Waals surface area (Å²) in [6.45, 7) is 0. The monoisotopic (exact) mass is 700 g/mol. The molecule has 0 unspecified atom stereocenters. The van der Waals surface area contributed by atoms with Crippen molar-refractivity contribution >= 4 is 76.3 Å². The number of aromatic nitrogens is 2. The number of hydrogen-bond acceptors (Lipinski definition) is 1. The second kappa shape index (κ2) is 11.6. The van der Waals surface area contributed by atoms with Crippen molar-refractivity contribution in [2.75, 3.05) is 0 Å². The fraction of sp³-hybridized carbons (Fsp3) is 0. The molecule has 3 aromatic heterocycles. The van der Waals surface area contributed by atoms with Crippen molar-refractivity contribution in [3.05, 3.63) is 194 Å². The SMILES string of the molecule is c1ccc(-c2ccc3c(c2)c2cc(-c4ccc5c(c4)c4ccc6ccccc6c4n5-c4cccc5c4oc4ccccc45)ccc2n3-c2ccccc2)cc1. The molecule has 0 N–H and O–H groups in total. The van der Waals surface area contributed by atoms with Gasteiger partial charge < -0.3 is 13.6 Å². The van der Waals surface area contributed by atoms with E-state index < -0.39 is 0 Å². The molecule has 0 fully saturated rings. The highest BCUT2D eigenvalue weighted by Gasteiger charge is 2.21. The largest absolute Gasteiger partial charge is 0.454 e. The van der Waals surface area contributed by atoms with Gasteiger partial charge in [0.1, 0.15) is 5.58 Å².